The molecule has 3 aromatic heterocycles. The molecule has 3 nitrogen and oxygen atoms in total. The first kappa shape index (κ1) is 36.5. The third kappa shape index (κ3) is 5.46. The van der Waals surface area contributed by atoms with E-state index in [0.717, 1.165) is 39.0 Å². The van der Waals surface area contributed by atoms with Crippen molar-refractivity contribution >= 4 is 106 Å². The van der Waals surface area contributed by atoms with E-state index in [0.29, 0.717) is 0 Å². The SMILES string of the molecule is c1ccc([Si](c2ccccc2)(c2ccccc2)c2ccc(-c3ccc(N(c4ccc5c(c4)oc4ccccc45)c4ccc5c6cccc7c8ccccc8n(c5c4)c76)cc3)cc2)cc1. The second-order valence-electron chi connectivity index (χ2n) is 16.8. The number of hydrogen-bond acceptors (Lipinski definition) is 2. The zero-order valence-corrected chi connectivity index (χ0v) is 35.9. The molecule has 300 valence electrons. The Morgan fingerprint density at radius 2 is 0.766 bits per heavy atom. The van der Waals surface area contributed by atoms with Crippen LogP contribution in [0.2, 0.25) is 0 Å². The van der Waals surface area contributed by atoms with E-state index >= 15 is 0 Å². The molecule has 13 rings (SSSR count). The highest BCUT2D eigenvalue weighted by Gasteiger charge is 2.41. The summed E-state index contributed by atoms with van der Waals surface area (Å²) in [5.41, 5.74) is 11.0. The summed E-state index contributed by atoms with van der Waals surface area (Å²) in [7, 11) is -2.62. The summed E-state index contributed by atoms with van der Waals surface area (Å²) in [6.45, 7) is 0. The molecule has 13 aromatic rings. The summed E-state index contributed by atoms with van der Waals surface area (Å²) < 4.78 is 8.93. The van der Waals surface area contributed by atoms with Crippen LogP contribution < -0.4 is 25.6 Å². The van der Waals surface area contributed by atoms with Gasteiger partial charge in [0, 0.05) is 55.4 Å². The van der Waals surface area contributed by atoms with Crippen LogP contribution in [0.5, 0.6) is 0 Å². The van der Waals surface area contributed by atoms with Gasteiger partial charge in [-0.1, -0.05) is 188 Å². The third-order valence-electron chi connectivity index (χ3n) is 13.5. The Hall–Kier alpha value is -8.18. The number of aromatic nitrogens is 1. The molecule has 0 saturated carbocycles. The van der Waals surface area contributed by atoms with Gasteiger partial charge in [0.25, 0.3) is 0 Å². The molecular formula is C60H40N2OSi. The van der Waals surface area contributed by atoms with Crippen LogP contribution in [-0.2, 0) is 0 Å². The van der Waals surface area contributed by atoms with Gasteiger partial charge in [-0.15, -0.1) is 0 Å². The molecule has 0 bridgehead atoms. The van der Waals surface area contributed by atoms with Gasteiger partial charge >= 0.3 is 0 Å². The standard InChI is InChI=1S/C60H40N2OSi/c1-4-15-46(16-5-1)64(47-17-6-2-7-18-47,48-19-8-3-9-20-48)49-35-29-42(30-36-49)41-27-31-43(32-28-41)61(45-34-38-53-52-22-11-13-26-58(52)63-59(53)40-45)44-33-37-51-55-24-14-23-54-50-21-10-12-25-56(50)62(60(54)55)57(51)39-44/h1-40H. The quantitative estimate of drug-likeness (QED) is 0.112. The van der Waals surface area contributed by atoms with Crippen LogP contribution in [0.3, 0.4) is 0 Å². The molecule has 0 amide bonds. The molecule has 0 N–H and O–H groups in total. The molecule has 0 unspecified atom stereocenters. The lowest BCUT2D eigenvalue weighted by Gasteiger charge is -2.34. The van der Waals surface area contributed by atoms with E-state index in [2.05, 4.69) is 240 Å². The van der Waals surface area contributed by atoms with Crippen molar-refractivity contribution in [2.75, 3.05) is 4.90 Å². The van der Waals surface area contributed by atoms with Gasteiger partial charge in [0.15, 0.2) is 8.07 Å². The molecule has 0 aliphatic carbocycles. The van der Waals surface area contributed by atoms with Crippen LogP contribution in [-0.4, -0.2) is 12.5 Å². The largest absolute Gasteiger partial charge is 0.456 e. The lowest BCUT2D eigenvalue weighted by atomic mass is 10.0. The molecule has 0 aliphatic rings. The average Bonchev–Trinajstić information content (AvgIpc) is 4.03. The predicted molar refractivity (Wildman–Crippen MR) is 272 cm³/mol. The minimum absolute atomic E-state index is 0.869. The summed E-state index contributed by atoms with van der Waals surface area (Å²) >= 11 is 0. The normalized spacial score (nSPS) is 12.1. The molecule has 10 aromatic carbocycles. The average molecular weight is 833 g/mol. The van der Waals surface area contributed by atoms with Crippen molar-refractivity contribution in [3.05, 3.63) is 243 Å². The first-order valence-corrected chi connectivity index (χ1v) is 24.0. The maximum Gasteiger partial charge on any atom is 0.179 e. The zero-order chi connectivity index (χ0) is 42.2. The van der Waals surface area contributed by atoms with E-state index in [9.17, 15) is 0 Å². The molecule has 0 radical (unpaired) electrons. The van der Waals surface area contributed by atoms with Crippen LogP contribution in [0.4, 0.5) is 17.1 Å². The van der Waals surface area contributed by atoms with Crippen molar-refractivity contribution in [3.63, 3.8) is 0 Å². The highest BCUT2D eigenvalue weighted by molar-refractivity contribution is 7.19. The fraction of sp³-hybridized carbons (Fsp3) is 0. The van der Waals surface area contributed by atoms with Crippen molar-refractivity contribution in [2.24, 2.45) is 0 Å². The molecule has 0 saturated heterocycles. The summed E-state index contributed by atoms with van der Waals surface area (Å²) in [6.07, 6.45) is 0. The lowest BCUT2D eigenvalue weighted by Crippen LogP contribution is -2.74. The Balaban J connectivity index is 0.945. The number of rotatable bonds is 8. The van der Waals surface area contributed by atoms with Crippen LogP contribution in [0.25, 0.3) is 71.2 Å². The van der Waals surface area contributed by atoms with Crippen molar-refractivity contribution < 1.29 is 4.42 Å². The third-order valence-corrected chi connectivity index (χ3v) is 18.3. The first-order valence-electron chi connectivity index (χ1n) is 22.0. The minimum atomic E-state index is -2.62. The van der Waals surface area contributed by atoms with Crippen LogP contribution >= 0.6 is 0 Å². The van der Waals surface area contributed by atoms with Gasteiger partial charge in [0.2, 0.25) is 0 Å². The molecule has 0 aliphatic heterocycles. The first-order chi connectivity index (χ1) is 31.7. The summed E-state index contributed by atoms with van der Waals surface area (Å²) in [5, 5.41) is 12.8. The fourth-order valence-electron chi connectivity index (χ4n) is 10.6. The van der Waals surface area contributed by atoms with E-state index in [-0.39, 0.29) is 0 Å². The Bertz CT molecular complexity index is 3720. The van der Waals surface area contributed by atoms with Crippen LogP contribution in [0.1, 0.15) is 0 Å². The van der Waals surface area contributed by atoms with Gasteiger partial charge in [-0.2, -0.15) is 0 Å². The van der Waals surface area contributed by atoms with Gasteiger partial charge in [-0.3, -0.25) is 0 Å². The maximum absolute atomic E-state index is 6.47. The molecule has 4 heteroatoms. The number of benzene rings is 10. The summed E-state index contributed by atoms with van der Waals surface area (Å²) in [5.74, 6) is 0. The van der Waals surface area contributed by atoms with Crippen molar-refractivity contribution in [1.29, 1.82) is 0 Å². The second kappa shape index (κ2) is 14.5. The Kier molecular flexibility index (Phi) is 8.23. The van der Waals surface area contributed by atoms with Gasteiger partial charge in [0.1, 0.15) is 11.2 Å². The van der Waals surface area contributed by atoms with E-state index < -0.39 is 8.07 Å². The number of para-hydroxylation sites is 3. The van der Waals surface area contributed by atoms with Crippen molar-refractivity contribution in [2.45, 2.75) is 0 Å². The van der Waals surface area contributed by atoms with Gasteiger partial charge in [-0.25, -0.2) is 0 Å². The Labute approximate surface area is 371 Å². The minimum Gasteiger partial charge on any atom is -0.456 e. The zero-order valence-electron chi connectivity index (χ0n) is 34.9. The highest BCUT2D eigenvalue weighted by atomic mass is 28.3. The number of hydrogen-bond donors (Lipinski definition) is 0. The number of anilines is 3. The van der Waals surface area contributed by atoms with E-state index in [1.807, 2.05) is 12.1 Å². The topological polar surface area (TPSA) is 20.8 Å². The van der Waals surface area contributed by atoms with E-state index in [1.165, 1.54) is 70.0 Å². The van der Waals surface area contributed by atoms with E-state index in [1.54, 1.807) is 0 Å². The Morgan fingerprint density at radius 3 is 1.41 bits per heavy atom. The highest BCUT2D eigenvalue weighted by Crippen LogP contribution is 2.43. The van der Waals surface area contributed by atoms with Crippen LogP contribution in [0, 0.1) is 0 Å². The molecule has 0 atom stereocenters. The summed E-state index contributed by atoms with van der Waals surface area (Å²) in [4.78, 5) is 2.37. The van der Waals surface area contributed by atoms with Crippen molar-refractivity contribution in [1.82, 2.24) is 4.40 Å². The van der Waals surface area contributed by atoms with Crippen LogP contribution in [0.15, 0.2) is 247 Å². The second-order valence-corrected chi connectivity index (χ2v) is 20.7. The summed E-state index contributed by atoms with van der Waals surface area (Å²) in [6, 6.07) is 89.1. The van der Waals surface area contributed by atoms with Gasteiger partial charge in [0.05, 0.1) is 16.6 Å². The number of furan rings is 1. The van der Waals surface area contributed by atoms with Gasteiger partial charge in [-0.05, 0) is 80.4 Å². The fourth-order valence-corrected chi connectivity index (χ4v) is 15.4. The molecule has 64 heavy (non-hydrogen) atoms. The number of nitrogens with zero attached hydrogens (tertiary/aromatic N) is 2. The smallest absolute Gasteiger partial charge is 0.179 e. The van der Waals surface area contributed by atoms with E-state index in [4.69, 9.17) is 4.42 Å². The number of fused-ring (bicyclic) bond motifs is 9. The molecule has 3 heterocycles. The van der Waals surface area contributed by atoms with Gasteiger partial charge < -0.3 is 13.7 Å². The van der Waals surface area contributed by atoms with Crippen molar-refractivity contribution in [3.8, 4) is 11.1 Å². The molecule has 0 fully saturated rings. The molecular weight excluding hydrogens is 793 g/mol. The maximum atomic E-state index is 6.47. The monoisotopic (exact) mass is 832 g/mol. The predicted octanol–water partition coefficient (Wildman–Crippen LogP) is 13.3. The molecule has 0 spiro atoms. The lowest BCUT2D eigenvalue weighted by molar-refractivity contribution is 0.669. The Morgan fingerprint density at radius 1 is 0.312 bits per heavy atom.